The number of rotatable bonds is 5. The topological polar surface area (TPSA) is 18.5 Å². The van der Waals surface area contributed by atoms with Crippen molar-refractivity contribution in [2.45, 2.75) is 13.5 Å². The molecule has 0 radical (unpaired) electrons. The Hall–Kier alpha value is -1.16. The van der Waals surface area contributed by atoms with E-state index in [9.17, 15) is 0 Å². The maximum atomic E-state index is 5.58. The van der Waals surface area contributed by atoms with E-state index in [0.717, 1.165) is 6.61 Å². The van der Waals surface area contributed by atoms with Crippen LogP contribution < -0.4 is 0 Å². The van der Waals surface area contributed by atoms with Crippen LogP contribution in [0.4, 0.5) is 0 Å². The van der Waals surface area contributed by atoms with Gasteiger partial charge in [-0.25, -0.2) is 0 Å². The molecular formula is C13H16O2Si. The normalized spacial score (nSPS) is 11.6. The summed E-state index contributed by atoms with van der Waals surface area (Å²) in [4.78, 5) is 0. The summed E-state index contributed by atoms with van der Waals surface area (Å²) in [5, 5.41) is 2.54. The second kappa shape index (κ2) is 5.79. The first-order chi connectivity index (χ1) is 7.92. The number of hydrogen-bond acceptors (Lipinski definition) is 2. The van der Waals surface area contributed by atoms with Crippen LogP contribution in [0.5, 0.6) is 0 Å². The van der Waals surface area contributed by atoms with Gasteiger partial charge < -0.3 is 8.85 Å². The lowest BCUT2D eigenvalue weighted by atomic mass is 10.1. The fourth-order valence-corrected chi connectivity index (χ4v) is 2.30. The Labute approximate surface area is 98.3 Å². The second-order valence-corrected chi connectivity index (χ2v) is 4.65. The van der Waals surface area contributed by atoms with Crippen LogP contribution in [0, 0.1) is 0 Å². The summed E-state index contributed by atoms with van der Waals surface area (Å²) in [5.41, 5.74) is 1.24. The van der Waals surface area contributed by atoms with Crippen LogP contribution in [0.25, 0.3) is 10.8 Å². The van der Waals surface area contributed by atoms with Gasteiger partial charge in [-0.15, -0.1) is 0 Å². The molecule has 3 heteroatoms. The summed E-state index contributed by atoms with van der Waals surface area (Å²) in [7, 11) is -0.799. The van der Waals surface area contributed by atoms with E-state index < -0.39 is 10.0 Å². The quantitative estimate of drug-likeness (QED) is 0.582. The smallest absolute Gasteiger partial charge is 0.304 e. The highest BCUT2D eigenvalue weighted by Gasteiger charge is 1.99. The molecule has 84 valence electrons. The Morgan fingerprint density at radius 3 is 2.69 bits per heavy atom. The van der Waals surface area contributed by atoms with Gasteiger partial charge in [0.05, 0.1) is 6.61 Å². The van der Waals surface area contributed by atoms with E-state index >= 15 is 0 Å². The highest BCUT2D eigenvalue weighted by molar-refractivity contribution is 6.17. The van der Waals surface area contributed by atoms with E-state index in [1.54, 1.807) is 0 Å². The molecule has 0 bridgehead atoms. The highest BCUT2D eigenvalue weighted by atomic mass is 28.3. The van der Waals surface area contributed by atoms with Crippen LogP contribution in [0.15, 0.2) is 42.5 Å². The van der Waals surface area contributed by atoms with Crippen molar-refractivity contribution in [1.82, 2.24) is 0 Å². The minimum atomic E-state index is -0.799. The first-order valence-corrected chi connectivity index (χ1v) is 6.69. The van der Waals surface area contributed by atoms with Gasteiger partial charge in [-0.05, 0) is 23.3 Å². The lowest BCUT2D eigenvalue weighted by Gasteiger charge is -2.07. The largest absolute Gasteiger partial charge is 0.399 e. The van der Waals surface area contributed by atoms with Gasteiger partial charge in [0.15, 0.2) is 0 Å². The fraction of sp³-hybridized carbons (Fsp3) is 0.231. The van der Waals surface area contributed by atoms with Crippen LogP contribution >= 0.6 is 0 Å². The number of hydrogen-bond donors (Lipinski definition) is 0. The molecule has 0 aliphatic heterocycles. The minimum Gasteiger partial charge on any atom is -0.399 e. The van der Waals surface area contributed by atoms with Crippen molar-refractivity contribution < 1.29 is 8.85 Å². The van der Waals surface area contributed by atoms with Gasteiger partial charge in [0.1, 0.15) is 0 Å². The molecule has 0 fully saturated rings. The average Bonchev–Trinajstić information content (AvgIpc) is 2.35. The average molecular weight is 232 g/mol. The van der Waals surface area contributed by atoms with Gasteiger partial charge in [-0.1, -0.05) is 42.5 Å². The Balaban J connectivity index is 2.11. The summed E-state index contributed by atoms with van der Waals surface area (Å²) in [6.45, 7) is 3.41. The fourth-order valence-electron chi connectivity index (χ4n) is 1.71. The molecule has 2 rings (SSSR count). The zero-order valence-corrected chi connectivity index (χ0v) is 10.9. The molecule has 0 aliphatic rings. The Kier molecular flexibility index (Phi) is 4.10. The summed E-state index contributed by atoms with van der Waals surface area (Å²) in [6, 6.07) is 14.7. The minimum absolute atomic E-state index is 0.660. The molecule has 0 atom stereocenters. The Bertz CT molecular complexity index is 451. The van der Waals surface area contributed by atoms with Gasteiger partial charge in [0.2, 0.25) is 0 Å². The molecular weight excluding hydrogens is 216 g/mol. The van der Waals surface area contributed by atoms with E-state index in [-0.39, 0.29) is 0 Å². The molecule has 0 saturated heterocycles. The van der Waals surface area contributed by atoms with Crippen LogP contribution in [-0.2, 0) is 15.5 Å². The summed E-state index contributed by atoms with van der Waals surface area (Å²) >= 11 is 0. The van der Waals surface area contributed by atoms with Gasteiger partial charge in [-0.2, -0.15) is 0 Å². The van der Waals surface area contributed by atoms with Crippen LogP contribution in [0.1, 0.15) is 12.5 Å². The number of fused-ring (bicyclic) bond motifs is 1. The number of benzene rings is 2. The highest BCUT2D eigenvalue weighted by Crippen LogP contribution is 2.18. The first kappa shape index (κ1) is 11.3. The molecule has 0 aromatic heterocycles. The summed E-state index contributed by atoms with van der Waals surface area (Å²) in [5.74, 6) is 0. The van der Waals surface area contributed by atoms with Crippen molar-refractivity contribution in [1.29, 1.82) is 0 Å². The Morgan fingerprint density at radius 2 is 1.81 bits per heavy atom. The van der Waals surface area contributed by atoms with Crippen molar-refractivity contribution in [2.75, 3.05) is 6.61 Å². The third kappa shape index (κ3) is 2.69. The van der Waals surface area contributed by atoms with E-state index in [2.05, 4.69) is 42.5 Å². The molecule has 0 spiro atoms. The zero-order valence-electron chi connectivity index (χ0n) is 9.48. The maximum absolute atomic E-state index is 5.58. The molecule has 0 unspecified atom stereocenters. The van der Waals surface area contributed by atoms with Gasteiger partial charge >= 0.3 is 10.0 Å². The molecule has 0 N–H and O–H groups in total. The van der Waals surface area contributed by atoms with Crippen molar-refractivity contribution >= 4 is 20.8 Å². The van der Waals surface area contributed by atoms with E-state index in [0.29, 0.717) is 6.61 Å². The molecule has 0 amide bonds. The maximum Gasteiger partial charge on any atom is 0.304 e. The molecule has 0 heterocycles. The predicted molar refractivity (Wildman–Crippen MR) is 68.9 cm³/mol. The lowest BCUT2D eigenvalue weighted by Crippen LogP contribution is -2.04. The molecule has 0 aliphatic carbocycles. The van der Waals surface area contributed by atoms with E-state index in [4.69, 9.17) is 8.85 Å². The second-order valence-electron chi connectivity index (χ2n) is 3.60. The summed E-state index contributed by atoms with van der Waals surface area (Å²) < 4.78 is 10.9. The van der Waals surface area contributed by atoms with Crippen LogP contribution in [0.3, 0.4) is 0 Å². The third-order valence-electron chi connectivity index (χ3n) is 2.51. The predicted octanol–water partition coefficient (Wildman–Crippen LogP) is 2.39. The molecule has 2 nitrogen and oxygen atoms in total. The van der Waals surface area contributed by atoms with Crippen molar-refractivity contribution in [3.8, 4) is 0 Å². The Morgan fingerprint density at radius 1 is 1.00 bits per heavy atom. The third-order valence-corrected chi connectivity index (χ3v) is 3.45. The van der Waals surface area contributed by atoms with Gasteiger partial charge in [0, 0.05) is 6.61 Å². The molecule has 16 heavy (non-hydrogen) atoms. The molecule has 0 saturated carbocycles. The molecule has 2 aromatic rings. The van der Waals surface area contributed by atoms with E-state index in [1.165, 1.54) is 16.3 Å². The standard InChI is InChI=1S/C13H16O2Si/c1-2-14-16-15-10-12-8-5-7-11-6-3-4-9-13(11)12/h3-9H,2,10,16H2,1H3. The SMILES string of the molecule is CCO[SiH2]OCc1cccc2ccccc12. The van der Waals surface area contributed by atoms with E-state index in [1.807, 2.05) is 6.92 Å². The lowest BCUT2D eigenvalue weighted by molar-refractivity contribution is 0.223. The van der Waals surface area contributed by atoms with Gasteiger partial charge in [0.25, 0.3) is 0 Å². The van der Waals surface area contributed by atoms with Crippen LogP contribution in [0.2, 0.25) is 0 Å². The van der Waals surface area contributed by atoms with Crippen molar-refractivity contribution in [3.05, 3.63) is 48.0 Å². The van der Waals surface area contributed by atoms with Gasteiger partial charge in [-0.3, -0.25) is 0 Å². The van der Waals surface area contributed by atoms with Crippen molar-refractivity contribution in [2.24, 2.45) is 0 Å². The monoisotopic (exact) mass is 232 g/mol. The zero-order chi connectivity index (χ0) is 11.2. The van der Waals surface area contributed by atoms with Crippen molar-refractivity contribution in [3.63, 3.8) is 0 Å². The summed E-state index contributed by atoms with van der Waals surface area (Å²) in [6.07, 6.45) is 0. The van der Waals surface area contributed by atoms with Crippen LogP contribution in [-0.4, -0.2) is 16.6 Å². The molecule has 2 aromatic carbocycles. The first-order valence-electron chi connectivity index (χ1n) is 5.54.